The summed E-state index contributed by atoms with van der Waals surface area (Å²) < 4.78 is 39.0. The van der Waals surface area contributed by atoms with Gasteiger partial charge in [-0.15, -0.1) is 10.2 Å². The largest absolute Gasteiger partial charge is 0.451 e. The SMILES string of the molecule is NCCCCC(=O)N1CCn2c(nnc2C(F)(F)F)C1. The van der Waals surface area contributed by atoms with Crippen LogP contribution in [0.15, 0.2) is 0 Å². The Morgan fingerprint density at radius 3 is 2.65 bits per heavy atom. The molecule has 0 fully saturated rings. The highest BCUT2D eigenvalue weighted by atomic mass is 19.4. The van der Waals surface area contributed by atoms with Gasteiger partial charge in [0.1, 0.15) is 0 Å². The van der Waals surface area contributed by atoms with E-state index in [0.717, 1.165) is 11.0 Å². The van der Waals surface area contributed by atoms with Crippen molar-refractivity contribution in [3.63, 3.8) is 0 Å². The average molecular weight is 291 g/mol. The minimum absolute atomic E-state index is 0.0693. The number of halogens is 3. The van der Waals surface area contributed by atoms with Crippen molar-refractivity contribution in [2.45, 2.75) is 38.5 Å². The van der Waals surface area contributed by atoms with Crippen molar-refractivity contribution < 1.29 is 18.0 Å². The maximum atomic E-state index is 12.7. The lowest BCUT2D eigenvalue weighted by Gasteiger charge is -2.28. The van der Waals surface area contributed by atoms with E-state index in [1.165, 1.54) is 4.90 Å². The van der Waals surface area contributed by atoms with Crippen molar-refractivity contribution in [1.82, 2.24) is 19.7 Å². The van der Waals surface area contributed by atoms with Crippen LogP contribution in [0.1, 0.15) is 30.9 Å². The van der Waals surface area contributed by atoms with Crippen LogP contribution in [0.3, 0.4) is 0 Å². The number of nitrogens with two attached hydrogens (primary N) is 1. The number of rotatable bonds is 4. The van der Waals surface area contributed by atoms with Gasteiger partial charge in [0.2, 0.25) is 11.7 Å². The lowest BCUT2D eigenvalue weighted by Crippen LogP contribution is -2.39. The predicted octanol–water partition coefficient (Wildman–Crippen LogP) is 0.768. The molecule has 0 saturated carbocycles. The van der Waals surface area contributed by atoms with Crippen LogP contribution in [0.25, 0.3) is 0 Å². The smallest absolute Gasteiger partial charge is 0.333 e. The van der Waals surface area contributed by atoms with Crippen LogP contribution in [0.5, 0.6) is 0 Å². The van der Waals surface area contributed by atoms with Crippen molar-refractivity contribution in [1.29, 1.82) is 0 Å². The molecule has 6 nitrogen and oxygen atoms in total. The number of hydrogen-bond acceptors (Lipinski definition) is 4. The number of carbonyl (C=O) groups excluding carboxylic acids is 1. The van der Waals surface area contributed by atoms with Crippen molar-refractivity contribution in [2.75, 3.05) is 13.1 Å². The van der Waals surface area contributed by atoms with E-state index in [-0.39, 0.29) is 31.4 Å². The number of aromatic nitrogens is 3. The van der Waals surface area contributed by atoms with Crippen molar-refractivity contribution >= 4 is 5.91 Å². The number of alkyl halides is 3. The monoisotopic (exact) mass is 291 g/mol. The molecule has 9 heteroatoms. The molecular weight excluding hydrogens is 275 g/mol. The van der Waals surface area contributed by atoms with E-state index in [2.05, 4.69) is 10.2 Å². The zero-order valence-electron chi connectivity index (χ0n) is 10.9. The molecule has 1 aromatic rings. The number of carbonyl (C=O) groups is 1. The average Bonchev–Trinajstić information content (AvgIpc) is 2.81. The van der Waals surface area contributed by atoms with E-state index in [0.29, 0.717) is 19.4 Å². The van der Waals surface area contributed by atoms with Crippen LogP contribution in [-0.4, -0.2) is 38.7 Å². The Morgan fingerprint density at radius 2 is 2.00 bits per heavy atom. The molecule has 20 heavy (non-hydrogen) atoms. The molecule has 0 bridgehead atoms. The topological polar surface area (TPSA) is 77.0 Å². The van der Waals surface area contributed by atoms with E-state index in [1.807, 2.05) is 0 Å². The Hall–Kier alpha value is -1.64. The quantitative estimate of drug-likeness (QED) is 0.831. The first kappa shape index (κ1) is 14.8. The van der Waals surface area contributed by atoms with Crippen LogP contribution in [0.4, 0.5) is 13.2 Å². The van der Waals surface area contributed by atoms with Gasteiger partial charge in [0, 0.05) is 19.5 Å². The van der Waals surface area contributed by atoms with Crippen LogP contribution < -0.4 is 5.73 Å². The molecule has 1 aliphatic rings. The Morgan fingerprint density at radius 1 is 1.25 bits per heavy atom. The molecule has 2 heterocycles. The number of hydrogen-bond donors (Lipinski definition) is 1. The Bertz CT molecular complexity index is 485. The number of unbranched alkanes of at least 4 members (excludes halogenated alkanes) is 1. The van der Waals surface area contributed by atoms with Crippen molar-refractivity contribution in [2.24, 2.45) is 5.73 Å². The summed E-state index contributed by atoms with van der Waals surface area (Å²) in [6.45, 7) is 0.913. The molecule has 1 amide bonds. The van der Waals surface area contributed by atoms with Gasteiger partial charge in [0.15, 0.2) is 5.82 Å². The van der Waals surface area contributed by atoms with Crippen LogP contribution in [0.2, 0.25) is 0 Å². The van der Waals surface area contributed by atoms with Crippen LogP contribution in [-0.2, 0) is 24.1 Å². The second-order valence-corrected chi connectivity index (χ2v) is 4.65. The Kier molecular flexibility index (Phi) is 4.26. The molecular formula is C11H16F3N5O. The van der Waals surface area contributed by atoms with E-state index < -0.39 is 12.0 Å². The molecule has 112 valence electrons. The third-order valence-electron chi connectivity index (χ3n) is 3.20. The summed E-state index contributed by atoms with van der Waals surface area (Å²) in [5.41, 5.74) is 5.35. The summed E-state index contributed by atoms with van der Waals surface area (Å²) in [7, 11) is 0. The standard InChI is InChI=1S/C11H16F3N5O/c12-11(13,14)10-17-16-8-7-18(5-6-19(8)10)9(20)3-1-2-4-15/h1-7,15H2. The molecule has 0 unspecified atom stereocenters. The summed E-state index contributed by atoms with van der Waals surface area (Å²) in [6, 6.07) is 0. The highest BCUT2D eigenvalue weighted by Gasteiger charge is 2.39. The first-order valence-electron chi connectivity index (χ1n) is 6.40. The normalized spacial score (nSPS) is 15.3. The second-order valence-electron chi connectivity index (χ2n) is 4.65. The predicted molar refractivity (Wildman–Crippen MR) is 63.3 cm³/mol. The lowest BCUT2D eigenvalue weighted by atomic mass is 10.2. The van der Waals surface area contributed by atoms with Gasteiger partial charge in [-0.1, -0.05) is 0 Å². The Labute approximate surface area is 113 Å². The van der Waals surface area contributed by atoms with Crippen molar-refractivity contribution in [3.05, 3.63) is 11.6 Å². The minimum atomic E-state index is -4.52. The summed E-state index contributed by atoms with van der Waals surface area (Å²) in [6.07, 6.45) is -2.71. The zero-order valence-corrected chi connectivity index (χ0v) is 10.9. The number of amides is 1. The fourth-order valence-corrected chi connectivity index (χ4v) is 2.16. The first-order chi connectivity index (χ1) is 9.43. The second kappa shape index (κ2) is 5.78. The highest BCUT2D eigenvalue weighted by molar-refractivity contribution is 5.76. The third-order valence-corrected chi connectivity index (χ3v) is 3.20. The van der Waals surface area contributed by atoms with Crippen molar-refractivity contribution in [3.8, 4) is 0 Å². The molecule has 0 aromatic carbocycles. The summed E-state index contributed by atoms with van der Waals surface area (Å²) >= 11 is 0. The van der Waals surface area contributed by atoms with E-state index in [1.54, 1.807) is 0 Å². The molecule has 0 radical (unpaired) electrons. The number of fused-ring (bicyclic) bond motifs is 1. The molecule has 1 aliphatic heterocycles. The molecule has 2 N–H and O–H groups in total. The molecule has 0 spiro atoms. The van der Waals surface area contributed by atoms with Gasteiger partial charge >= 0.3 is 6.18 Å². The highest BCUT2D eigenvalue weighted by Crippen LogP contribution is 2.29. The first-order valence-corrected chi connectivity index (χ1v) is 6.40. The number of nitrogens with zero attached hydrogens (tertiary/aromatic N) is 4. The fraction of sp³-hybridized carbons (Fsp3) is 0.727. The van der Waals surface area contributed by atoms with Gasteiger partial charge < -0.3 is 15.2 Å². The zero-order chi connectivity index (χ0) is 14.8. The van der Waals surface area contributed by atoms with E-state index in [9.17, 15) is 18.0 Å². The Balaban J connectivity index is 2.02. The third kappa shape index (κ3) is 3.09. The molecule has 0 atom stereocenters. The van der Waals surface area contributed by atoms with Gasteiger partial charge in [0.05, 0.1) is 6.54 Å². The summed E-state index contributed by atoms with van der Waals surface area (Å²) in [4.78, 5) is 13.4. The summed E-state index contributed by atoms with van der Waals surface area (Å²) in [5.74, 6) is -0.903. The molecule has 2 rings (SSSR count). The van der Waals surface area contributed by atoms with E-state index in [4.69, 9.17) is 5.73 Å². The van der Waals surface area contributed by atoms with Gasteiger partial charge in [-0.2, -0.15) is 13.2 Å². The lowest BCUT2D eigenvalue weighted by molar-refractivity contribution is -0.148. The molecule has 0 saturated heterocycles. The van der Waals surface area contributed by atoms with Gasteiger partial charge in [-0.3, -0.25) is 4.79 Å². The van der Waals surface area contributed by atoms with Gasteiger partial charge in [-0.25, -0.2) is 0 Å². The van der Waals surface area contributed by atoms with Gasteiger partial charge in [-0.05, 0) is 19.4 Å². The summed E-state index contributed by atoms with van der Waals surface area (Å²) in [5, 5.41) is 6.70. The van der Waals surface area contributed by atoms with Crippen LogP contribution >= 0.6 is 0 Å². The fourth-order valence-electron chi connectivity index (χ4n) is 2.16. The van der Waals surface area contributed by atoms with Gasteiger partial charge in [0.25, 0.3) is 0 Å². The minimum Gasteiger partial charge on any atom is -0.333 e. The van der Waals surface area contributed by atoms with Crippen LogP contribution in [0, 0.1) is 0 Å². The maximum Gasteiger partial charge on any atom is 0.451 e. The van der Waals surface area contributed by atoms with E-state index >= 15 is 0 Å². The molecule has 1 aromatic heterocycles. The maximum absolute atomic E-state index is 12.7. The molecule has 0 aliphatic carbocycles.